The van der Waals surface area contributed by atoms with Gasteiger partial charge in [0.2, 0.25) is 11.8 Å². The van der Waals surface area contributed by atoms with Gasteiger partial charge in [0, 0.05) is 18.3 Å². The summed E-state index contributed by atoms with van der Waals surface area (Å²) >= 11 is 0. The first-order chi connectivity index (χ1) is 11.2. The van der Waals surface area contributed by atoms with Crippen molar-refractivity contribution in [3.8, 4) is 0 Å². The average molecular weight is 341 g/mol. The minimum atomic E-state index is -1.34. The van der Waals surface area contributed by atoms with Gasteiger partial charge < -0.3 is 31.6 Å². The lowest BCUT2D eigenvalue weighted by Gasteiger charge is -2.21. The Bertz CT molecular complexity index is 602. The van der Waals surface area contributed by atoms with E-state index >= 15 is 0 Å². The van der Waals surface area contributed by atoms with Gasteiger partial charge in [0.25, 0.3) is 0 Å². The Morgan fingerprint density at radius 2 is 1.92 bits per heavy atom. The first-order valence-corrected chi connectivity index (χ1v) is 6.99. The van der Waals surface area contributed by atoms with E-state index in [1.807, 2.05) is 0 Å². The number of amides is 2. The fraction of sp³-hybridized carbons (Fsp3) is 0.462. The van der Waals surface area contributed by atoms with Gasteiger partial charge in [0.05, 0.1) is 18.8 Å². The number of aromatic nitrogens is 2. The Hall–Kier alpha value is -2.95. The first kappa shape index (κ1) is 19.1. The fourth-order valence-corrected chi connectivity index (χ4v) is 1.76. The number of H-pyrrole nitrogens is 1. The lowest BCUT2D eigenvalue weighted by atomic mass is 10.1. The number of carbonyl (C=O) groups excluding carboxylic acids is 2. The summed E-state index contributed by atoms with van der Waals surface area (Å²) < 4.78 is 0. The van der Waals surface area contributed by atoms with Crippen molar-refractivity contribution in [2.24, 2.45) is 5.73 Å². The number of carboxylic acid groups (broad SMARTS) is 2. The van der Waals surface area contributed by atoms with Crippen LogP contribution < -0.4 is 16.4 Å². The predicted octanol–water partition coefficient (Wildman–Crippen LogP) is -2.17. The molecule has 1 rings (SSSR count). The third-order valence-electron chi connectivity index (χ3n) is 3.07. The Morgan fingerprint density at radius 3 is 2.42 bits per heavy atom. The highest BCUT2D eigenvalue weighted by Crippen LogP contribution is 2.01. The second-order valence-corrected chi connectivity index (χ2v) is 5.12. The predicted molar refractivity (Wildman–Crippen MR) is 79.7 cm³/mol. The summed E-state index contributed by atoms with van der Waals surface area (Å²) in [7, 11) is 0. The molecule has 0 spiro atoms. The minimum Gasteiger partial charge on any atom is -0.481 e. The van der Waals surface area contributed by atoms with E-state index in [-0.39, 0.29) is 6.42 Å². The molecule has 132 valence electrons. The van der Waals surface area contributed by atoms with Gasteiger partial charge in [-0.3, -0.25) is 19.2 Å². The molecule has 2 amide bonds. The van der Waals surface area contributed by atoms with E-state index in [0.717, 1.165) is 0 Å². The monoisotopic (exact) mass is 341 g/mol. The number of nitrogens with one attached hydrogen (secondary N) is 3. The number of imidazole rings is 1. The minimum absolute atomic E-state index is 0.00367. The van der Waals surface area contributed by atoms with Gasteiger partial charge in [-0.1, -0.05) is 0 Å². The standard InChI is InChI=1S/C13H19N5O6/c1-6(13(23)24)17-12(22)9(2-7-4-15-5-16-7)18-11(21)8(14)3-10(19)20/h4-6,8-9H,2-3,14H2,1H3,(H,15,16)(H,17,22)(H,18,21)(H,19,20)(H,23,24)/t6-,8-,9-/m0/s1. The molecule has 0 aromatic carbocycles. The third kappa shape index (κ3) is 6.04. The molecule has 0 aliphatic heterocycles. The van der Waals surface area contributed by atoms with Crippen molar-refractivity contribution in [3.63, 3.8) is 0 Å². The number of nitrogens with zero attached hydrogens (tertiary/aromatic N) is 1. The van der Waals surface area contributed by atoms with Gasteiger partial charge in [-0.05, 0) is 6.92 Å². The number of carboxylic acids is 2. The molecule has 7 N–H and O–H groups in total. The molecule has 0 radical (unpaired) electrons. The quantitative estimate of drug-likeness (QED) is 0.292. The summed E-state index contributed by atoms with van der Waals surface area (Å²) in [4.78, 5) is 52.0. The van der Waals surface area contributed by atoms with E-state index < -0.39 is 48.3 Å². The molecule has 0 fully saturated rings. The molecule has 3 atom stereocenters. The second-order valence-electron chi connectivity index (χ2n) is 5.12. The summed E-state index contributed by atoms with van der Waals surface area (Å²) in [6.45, 7) is 1.27. The van der Waals surface area contributed by atoms with Gasteiger partial charge in [-0.2, -0.15) is 0 Å². The lowest BCUT2D eigenvalue weighted by molar-refractivity contribution is -0.142. The molecule has 0 aliphatic carbocycles. The van der Waals surface area contributed by atoms with Crippen LogP contribution in [0.3, 0.4) is 0 Å². The van der Waals surface area contributed by atoms with Crippen LogP contribution >= 0.6 is 0 Å². The van der Waals surface area contributed by atoms with Crippen LogP contribution in [0.25, 0.3) is 0 Å². The van der Waals surface area contributed by atoms with Crippen molar-refractivity contribution in [1.82, 2.24) is 20.6 Å². The molecule has 0 saturated carbocycles. The summed E-state index contributed by atoms with van der Waals surface area (Å²) in [6.07, 6.45) is 2.21. The molecule has 1 aromatic heterocycles. The Balaban J connectivity index is 2.80. The van der Waals surface area contributed by atoms with E-state index in [1.165, 1.54) is 19.4 Å². The molecule has 0 unspecified atom stereocenters. The number of hydrogen-bond donors (Lipinski definition) is 6. The van der Waals surface area contributed by atoms with Crippen LogP contribution in [-0.4, -0.2) is 62.1 Å². The van der Waals surface area contributed by atoms with Gasteiger partial charge in [0.15, 0.2) is 0 Å². The number of aliphatic carboxylic acids is 2. The van der Waals surface area contributed by atoms with Gasteiger partial charge in [-0.25, -0.2) is 4.98 Å². The van der Waals surface area contributed by atoms with Crippen molar-refractivity contribution in [1.29, 1.82) is 0 Å². The molecule has 11 heteroatoms. The van der Waals surface area contributed by atoms with Crippen LogP contribution in [0.5, 0.6) is 0 Å². The number of nitrogens with two attached hydrogens (primary N) is 1. The summed E-state index contributed by atoms with van der Waals surface area (Å²) in [6, 6.07) is -3.64. The van der Waals surface area contributed by atoms with E-state index in [9.17, 15) is 19.2 Å². The summed E-state index contributed by atoms with van der Waals surface area (Å²) in [5.74, 6) is -4.07. The molecule has 24 heavy (non-hydrogen) atoms. The third-order valence-corrected chi connectivity index (χ3v) is 3.07. The molecule has 0 aliphatic rings. The zero-order valence-electron chi connectivity index (χ0n) is 12.9. The first-order valence-electron chi connectivity index (χ1n) is 6.99. The summed E-state index contributed by atoms with van der Waals surface area (Å²) in [5.41, 5.74) is 5.97. The van der Waals surface area contributed by atoms with Crippen molar-refractivity contribution >= 4 is 23.8 Å². The largest absolute Gasteiger partial charge is 0.481 e. The van der Waals surface area contributed by atoms with E-state index in [4.69, 9.17) is 15.9 Å². The topological polar surface area (TPSA) is 187 Å². The highest BCUT2D eigenvalue weighted by Gasteiger charge is 2.27. The average Bonchev–Trinajstić information content (AvgIpc) is 2.98. The smallest absolute Gasteiger partial charge is 0.325 e. The van der Waals surface area contributed by atoms with Gasteiger partial charge in [-0.15, -0.1) is 0 Å². The van der Waals surface area contributed by atoms with Crippen molar-refractivity contribution in [3.05, 3.63) is 18.2 Å². The Kier molecular flexibility index (Phi) is 6.86. The van der Waals surface area contributed by atoms with Crippen LogP contribution in [0.2, 0.25) is 0 Å². The Labute approximate surface area is 136 Å². The molecular formula is C13H19N5O6. The number of hydrogen-bond acceptors (Lipinski definition) is 6. The van der Waals surface area contributed by atoms with Gasteiger partial charge >= 0.3 is 11.9 Å². The number of aromatic amines is 1. The molecular weight excluding hydrogens is 322 g/mol. The van der Waals surface area contributed by atoms with Crippen LogP contribution in [0.4, 0.5) is 0 Å². The van der Waals surface area contributed by atoms with E-state index in [2.05, 4.69) is 20.6 Å². The maximum absolute atomic E-state index is 12.2. The number of rotatable bonds is 9. The van der Waals surface area contributed by atoms with Crippen LogP contribution in [0.15, 0.2) is 12.5 Å². The highest BCUT2D eigenvalue weighted by atomic mass is 16.4. The van der Waals surface area contributed by atoms with Crippen LogP contribution in [0, 0.1) is 0 Å². The lowest BCUT2D eigenvalue weighted by Crippen LogP contribution is -2.55. The molecule has 0 bridgehead atoms. The Morgan fingerprint density at radius 1 is 1.25 bits per heavy atom. The highest BCUT2D eigenvalue weighted by molar-refractivity contribution is 5.92. The van der Waals surface area contributed by atoms with E-state index in [1.54, 1.807) is 0 Å². The SMILES string of the molecule is C[C@H](NC(=O)[C@H](Cc1cnc[nH]1)NC(=O)[C@@H](N)CC(=O)O)C(=O)O. The van der Waals surface area contributed by atoms with Crippen molar-refractivity contribution < 1.29 is 29.4 Å². The van der Waals surface area contributed by atoms with Crippen molar-refractivity contribution in [2.45, 2.75) is 37.9 Å². The summed E-state index contributed by atoms with van der Waals surface area (Å²) in [5, 5.41) is 22.0. The van der Waals surface area contributed by atoms with E-state index in [0.29, 0.717) is 5.69 Å². The molecule has 0 saturated heterocycles. The fourth-order valence-electron chi connectivity index (χ4n) is 1.76. The zero-order chi connectivity index (χ0) is 18.3. The second kappa shape index (κ2) is 8.62. The molecule has 1 aromatic rings. The van der Waals surface area contributed by atoms with Crippen LogP contribution in [0.1, 0.15) is 19.0 Å². The maximum Gasteiger partial charge on any atom is 0.325 e. The van der Waals surface area contributed by atoms with Crippen molar-refractivity contribution in [2.75, 3.05) is 0 Å². The normalized spacial score (nSPS) is 14.2. The molecule has 1 heterocycles. The maximum atomic E-state index is 12.2. The molecule has 11 nitrogen and oxygen atoms in total. The van der Waals surface area contributed by atoms with Crippen LogP contribution in [-0.2, 0) is 25.6 Å². The zero-order valence-corrected chi connectivity index (χ0v) is 12.9. The van der Waals surface area contributed by atoms with Gasteiger partial charge in [0.1, 0.15) is 12.1 Å². The number of carbonyl (C=O) groups is 4.